The van der Waals surface area contributed by atoms with Crippen molar-refractivity contribution in [1.82, 2.24) is 4.31 Å². The number of carboxylic acids is 1. The summed E-state index contributed by atoms with van der Waals surface area (Å²) in [5.41, 5.74) is 0. The molecule has 1 rings (SSSR count). The zero-order chi connectivity index (χ0) is 33.8. The fourth-order valence-corrected chi connectivity index (χ4v) is 3.74. The Hall–Kier alpha value is -1.79. The first-order valence-electron chi connectivity index (χ1n) is 9.87. The first kappa shape index (κ1) is 41.2. The molecule has 0 aliphatic heterocycles. The average Bonchev–Trinajstić information content (AvgIpc) is 2.82. The Morgan fingerprint density at radius 3 is 1.42 bits per heavy atom. The van der Waals surface area contributed by atoms with E-state index in [1.165, 1.54) is 0 Å². The van der Waals surface area contributed by atoms with E-state index in [1.807, 2.05) is 0 Å². The van der Waals surface area contributed by atoms with E-state index in [2.05, 4.69) is 4.74 Å². The zero-order valence-electron chi connectivity index (χ0n) is 20.5. The summed E-state index contributed by atoms with van der Waals surface area (Å²) in [6.07, 6.45) is -7.18. The van der Waals surface area contributed by atoms with E-state index in [-0.39, 0.29) is 58.1 Å². The first-order chi connectivity index (χ1) is 18.3. The SMILES string of the molecule is CN(CC(=O)[O-])S(=O)(=O)c1ccc(OC(F)(F)C(F)(F)C(F)(F)C(F)(F)C(F)(F)C(F)(F)C(F)(F)C(F)(F)CF)cc1.[Na+]. The number of sulfonamides is 1. The first-order valence-corrected chi connectivity index (χ1v) is 11.3. The molecule has 0 N–H and O–H groups in total. The van der Waals surface area contributed by atoms with Gasteiger partial charge in [0.05, 0.1) is 17.4 Å². The van der Waals surface area contributed by atoms with Gasteiger partial charge < -0.3 is 14.6 Å². The van der Waals surface area contributed by atoms with Crippen molar-refractivity contribution >= 4 is 16.0 Å². The van der Waals surface area contributed by atoms with Crippen LogP contribution < -0.4 is 39.4 Å². The topological polar surface area (TPSA) is 86.7 Å². The predicted molar refractivity (Wildman–Crippen MR) is 97.4 cm³/mol. The monoisotopic (exact) mass is 699 g/mol. The van der Waals surface area contributed by atoms with Gasteiger partial charge in [0.15, 0.2) is 6.67 Å². The Kier molecular flexibility index (Phi) is 11.7. The summed E-state index contributed by atoms with van der Waals surface area (Å²) >= 11 is 0. The van der Waals surface area contributed by atoms with Crippen molar-refractivity contribution in [1.29, 1.82) is 0 Å². The van der Waals surface area contributed by atoms with Gasteiger partial charge in [-0.15, -0.1) is 0 Å². The van der Waals surface area contributed by atoms with Crippen LogP contribution in [0.5, 0.6) is 5.75 Å². The van der Waals surface area contributed by atoms with E-state index in [0.29, 0.717) is 7.05 Å². The third-order valence-corrected chi connectivity index (χ3v) is 6.91. The number of nitrogens with zero attached hydrogens (tertiary/aromatic N) is 1. The van der Waals surface area contributed by atoms with Crippen molar-refractivity contribution in [2.45, 2.75) is 52.5 Å². The Bertz CT molecular complexity index is 1260. The molecular weight excluding hydrogens is 688 g/mol. The molecule has 0 amide bonds. The fourth-order valence-electron chi connectivity index (χ4n) is 2.62. The number of hydrogen-bond acceptors (Lipinski definition) is 5. The number of benzene rings is 1. The van der Waals surface area contributed by atoms with E-state index in [4.69, 9.17) is 0 Å². The van der Waals surface area contributed by atoms with Gasteiger partial charge in [0.1, 0.15) is 5.75 Å². The van der Waals surface area contributed by atoms with Gasteiger partial charge in [0.2, 0.25) is 10.0 Å². The Labute approximate surface area is 250 Å². The van der Waals surface area contributed by atoms with Gasteiger partial charge in [0, 0.05) is 7.05 Å². The number of hydrogen-bond donors (Lipinski definition) is 0. The number of aliphatic carboxylic acids is 1. The van der Waals surface area contributed by atoms with Crippen molar-refractivity contribution in [2.75, 3.05) is 20.3 Å². The predicted octanol–water partition coefficient (Wildman–Crippen LogP) is 1.45. The molecule has 244 valence electrons. The largest absolute Gasteiger partial charge is 1.00 e. The number of carbonyl (C=O) groups is 1. The van der Waals surface area contributed by atoms with Gasteiger partial charge in [-0.3, -0.25) is 0 Å². The van der Waals surface area contributed by atoms with Crippen molar-refractivity contribution in [2.24, 2.45) is 0 Å². The average molecular weight is 699 g/mol. The number of ether oxygens (including phenoxy) is 1. The number of halogens is 17. The van der Waals surface area contributed by atoms with E-state index < -0.39 is 87.4 Å². The van der Waals surface area contributed by atoms with Gasteiger partial charge in [-0.05, 0) is 24.3 Å². The van der Waals surface area contributed by atoms with Crippen LogP contribution in [0.2, 0.25) is 0 Å². The van der Waals surface area contributed by atoms with Crippen molar-refractivity contribution < 1.29 is 127 Å². The molecule has 43 heavy (non-hydrogen) atoms. The molecule has 0 bridgehead atoms. The van der Waals surface area contributed by atoms with Gasteiger partial charge in [-0.25, -0.2) is 12.8 Å². The van der Waals surface area contributed by atoms with Crippen LogP contribution in [0.3, 0.4) is 0 Å². The van der Waals surface area contributed by atoms with Crippen LogP contribution >= 0.6 is 0 Å². The van der Waals surface area contributed by atoms with Gasteiger partial charge in [-0.1, -0.05) is 0 Å². The number of rotatable bonds is 14. The van der Waals surface area contributed by atoms with Crippen molar-refractivity contribution in [3.8, 4) is 5.75 Å². The van der Waals surface area contributed by atoms with Crippen LogP contribution in [0.15, 0.2) is 29.2 Å². The maximum absolute atomic E-state index is 13.9. The minimum atomic E-state index is -8.74. The van der Waals surface area contributed by atoms with E-state index in [0.717, 1.165) is 0 Å². The molecular formula is C18H11F17NNaO5S. The van der Waals surface area contributed by atoms with Crippen LogP contribution in [0.1, 0.15) is 0 Å². The number of likely N-dealkylation sites (N-methyl/N-ethyl adjacent to an activating group) is 1. The molecule has 25 heteroatoms. The minimum absolute atomic E-state index is 0. The molecule has 0 saturated carbocycles. The number of carbonyl (C=O) groups excluding carboxylic acids is 1. The van der Waals surface area contributed by atoms with E-state index in [9.17, 15) is 93.0 Å². The molecule has 0 heterocycles. The third-order valence-electron chi connectivity index (χ3n) is 5.09. The van der Waals surface area contributed by atoms with Crippen molar-refractivity contribution in [3.63, 3.8) is 0 Å². The molecule has 0 spiro atoms. The molecule has 6 nitrogen and oxygen atoms in total. The van der Waals surface area contributed by atoms with E-state index in [1.54, 1.807) is 0 Å². The van der Waals surface area contributed by atoms with Gasteiger partial charge in [-0.2, -0.15) is 74.6 Å². The second kappa shape index (κ2) is 12.2. The zero-order valence-corrected chi connectivity index (χ0v) is 23.4. The molecule has 0 unspecified atom stereocenters. The Morgan fingerprint density at radius 1 is 0.721 bits per heavy atom. The quantitative estimate of drug-likeness (QED) is 0.217. The smallest absolute Gasteiger partial charge is 0.549 e. The molecule has 0 aliphatic rings. The number of carboxylic acid groups (broad SMARTS) is 1. The summed E-state index contributed by atoms with van der Waals surface area (Å²) in [6, 6.07) is 0.0865. The fraction of sp³-hybridized carbons (Fsp3) is 0.611. The molecule has 0 radical (unpaired) electrons. The Balaban J connectivity index is 0.0000176. The normalized spacial score (nSPS) is 14.9. The Morgan fingerprint density at radius 2 is 1.07 bits per heavy atom. The molecule has 0 saturated heterocycles. The van der Waals surface area contributed by atoms with Crippen LogP contribution in [-0.2, 0) is 14.8 Å². The van der Waals surface area contributed by atoms with Crippen LogP contribution in [0.4, 0.5) is 74.6 Å². The van der Waals surface area contributed by atoms with Crippen LogP contribution in [-0.4, -0.2) is 86.5 Å². The van der Waals surface area contributed by atoms with Crippen LogP contribution in [0.25, 0.3) is 0 Å². The maximum atomic E-state index is 13.9. The third kappa shape index (κ3) is 6.48. The molecule has 0 fully saturated rings. The standard InChI is InChI=1S/C18H12F17NO5S.Na/c1-36(6-10(37)38)42(39,40)9-4-2-8(3-5-9)41-18(34,35)17(32,33)16(30,31)15(28,29)14(26,27)13(24,25)12(22,23)11(20,21)7-19;/h2-5H,6-7H2,1H3,(H,37,38);/q;+1/p-1. The summed E-state index contributed by atoms with van der Waals surface area (Å²) in [7, 11) is -4.19. The molecule has 0 aliphatic carbocycles. The minimum Gasteiger partial charge on any atom is -0.549 e. The second-order valence-corrected chi connectivity index (χ2v) is 10.1. The molecule has 1 aromatic carbocycles. The van der Waals surface area contributed by atoms with E-state index >= 15 is 0 Å². The molecule has 1 aromatic rings. The maximum Gasteiger partial charge on any atom is 1.00 e. The summed E-state index contributed by atoms with van der Waals surface area (Å²) < 4.78 is 256. The van der Waals surface area contributed by atoms with Crippen LogP contribution in [0, 0.1) is 0 Å². The summed E-state index contributed by atoms with van der Waals surface area (Å²) in [6.45, 7) is -5.31. The summed E-state index contributed by atoms with van der Waals surface area (Å²) in [4.78, 5) is 9.44. The summed E-state index contributed by atoms with van der Waals surface area (Å²) in [5.74, 6) is -61.4. The summed E-state index contributed by atoms with van der Waals surface area (Å²) in [5, 5.41) is 10.5. The number of alkyl halides is 17. The van der Waals surface area contributed by atoms with Gasteiger partial charge in [0.25, 0.3) is 0 Å². The molecule has 0 aromatic heterocycles. The molecule has 0 atom stereocenters. The van der Waals surface area contributed by atoms with Crippen molar-refractivity contribution in [3.05, 3.63) is 24.3 Å². The second-order valence-electron chi connectivity index (χ2n) is 8.01. The van der Waals surface area contributed by atoms with Gasteiger partial charge >= 0.3 is 77.1 Å².